The van der Waals surface area contributed by atoms with Gasteiger partial charge in [-0.15, -0.1) is 0 Å². The molecule has 2 unspecified atom stereocenters. The van der Waals surface area contributed by atoms with Crippen LogP contribution in [0.15, 0.2) is 24.3 Å². The van der Waals surface area contributed by atoms with Gasteiger partial charge >= 0.3 is 0 Å². The predicted octanol–water partition coefficient (Wildman–Crippen LogP) is 3.44. The summed E-state index contributed by atoms with van der Waals surface area (Å²) >= 11 is 0. The summed E-state index contributed by atoms with van der Waals surface area (Å²) in [5, 5.41) is 3.16. The molecule has 3 rings (SSSR count). The van der Waals surface area contributed by atoms with Gasteiger partial charge in [0.2, 0.25) is 5.91 Å². The monoisotopic (exact) mass is 257 g/mol. The second-order valence-electron chi connectivity index (χ2n) is 6.26. The summed E-state index contributed by atoms with van der Waals surface area (Å²) in [4.78, 5) is 12.4. The van der Waals surface area contributed by atoms with Gasteiger partial charge in [0.1, 0.15) is 0 Å². The lowest BCUT2D eigenvalue weighted by Crippen LogP contribution is -2.37. The maximum Gasteiger partial charge on any atom is 0.223 e. The SMILES string of the molecule is Cc1cccc(CNC(=O)C2C3CCCC2CC3)c1. The Balaban J connectivity index is 1.60. The molecule has 2 bridgehead atoms. The van der Waals surface area contributed by atoms with Crippen LogP contribution in [-0.4, -0.2) is 5.91 Å². The number of aryl methyl sites for hydroxylation is 1. The predicted molar refractivity (Wildman–Crippen MR) is 76.6 cm³/mol. The third-order valence-electron chi connectivity index (χ3n) is 4.93. The second kappa shape index (κ2) is 5.36. The van der Waals surface area contributed by atoms with Gasteiger partial charge in [-0.25, -0.2) is 0 Å². The maximum absolute atomic E-state index is 12.4. The summed E-state index contributed by atoms with van der Waals surface area (Å²) in [6, 6.07) is 8.38. The Morgan fingerprint density at radius 1 is 1.21 bits per heavy atom. The Morgan fingerprint density at radius 2 is 1.95 bits per heavy atom. The van der Waals surface area contributed by atoms with Crippen molar-refractivity contribution >= 4 is 5.91 Å². The Hall–Kier alpha value is -1.31. The van der Waals surface area contributed by atoms with E-state index in [0.29, 0.717) is 30.2 Å². The van der Waals surface area contributed by atoms with E-state index in [9.17, 15) is 4.79 Å². The number of nitrogens with one attached hydrogen (secondary N) is 1. The summed E-state index contributed by atoms with van der Waals surface area (Å²) in [6.07, 6.45) is 6.40. The Kier molecular flexibility index (Phi) is 3.58. The smallest absolute Gasteiger partial charge is 0.223 e. The highest BCUT2D eigenvalue weighted by atomic mass is 16.1. The van der Waals surface area contributed by atoms with Gasteiger partial charge in [-0.05, 0) is 50.0 Å². The number of rotatable bonds is 3. The highest BCUT2D eigenvalue weighted by Crippen LogP contribution is 2.46. The molecule has 1 amide bonds. The summed E-state index contributed by atoms with van der Waals surface area (Å²) in [7, 11) is 0. The highest BCUT2D eigenvalue weighted by molar-refractivity contribution is 5.79. The first-order valence-electron chi connectivity index (χ1n) is 7.57. The standard InChI is InChI=1S/C17H23NO/c1-12-4-2-5-13(10-12)11-18-17(19)16-14-6-3-7-15(16)9-8-14/h2,4-5,10,14-16H,3,6-9,11H2,1H3,(H,18,19). The highest BCUT2D eigenvalue weighted by Gasteiger charge is 2.42. The maximum atomic E-state index is 12.4. The van der Waals surface area contributed by atoms with Crippen molar-refractivity contribution in [1.82, 2.24) is 5.32 Å². The van der Waals surface area contributed by atoms with Crippen LogP contribution in [0, 0.1) is 24.7 Å². The van der Waals surface area contributed by atoms with Gasteiger partial charge in [-0.1, -0.05) is 36.2 Å². The van der Waals surface area contributed by atoms with Crippen molar-refractivity contribution in [3.63, 3.8) is 0 Å². The van der Waals surface area contributed by atoms with Crippen molar-refractivity contribution < 1.29 is 4.79 Å². The molecule has 0 aliphatic heterocycles. The molecule has 19 heavy (non-hydrogen) atoms. The van der Waals surface area contributed by atoms with Crippen LogP contribution in [0.1, 0.15) is 43.2 Å². The lowest BCUT2D eigenvalue weighted by Gasteiger charge is -2.28. The summed E-state index contributed by atoms with van der Waals surface area (Å²) in [6.45, 7) is 2.77. The third kappa shape index (κ3) is 2.68. The second-order valence-corrected chi connectivity index (χ2v) is 6.26. The molecule has 2 aliphatic rings. The number of hydrogen-bond acceptors (Lipinski definition) is 1. The first-order valence-corrected chi connectivity index (χ1v) is 7.57. The van der Waals surface area contributed by atoms with Gasteiger partial charge in [-0.3, -0.25) is 4.79 Å². The molecular weight excluding hydrogens is 234 g/mol. The topological polar surface area (TPSA) is 29.1 Å². The number of benzene rings is 1. The zero-order chi connectivity index (χ0) is 13.2. The van der Waals surface area contributed by atoms with E-state index in [1.165, 1.54) is 43.2 Å². The molecule has 2 heteroatoms. The van der Waals surface area contributed by atoms with Crippen LogP contribution >= 0.6 is 0 Å². The minimum atomic E-state index is 0.300. The van der Waals surface area contributed by atoms with E-state index in [2.05, 4.69) is 36.5 Å². The number of hydrogen-bond donors (Lipinski definition) is 1. The largest absolute Gasteiger partial charge is 0.352 e. The van der Waals surface area contributed by atoms with E-state index in [4.69, 9.17) is 0 Å². The van der Waals surface area contributed by atoms with E-state index < -0.39 is 0 Å². The minimum Gasteiger partial charge on any atom is -0.352 e. The lowest BCUT2D eigenvalue weighted by molar-refractivity contribution is -0.128. The van der Waals surface area contributed by atoms with Gasteiger partial charge in [-0.2, -0.15) is 0 Å². The first-order chi connectivity index (χ1) is 9.24. The summed E-state index contributed by atoms with van der Waals surface area (Å²) in [5.41, 5.74) is 2.46. The molecule has 2 fully saturated rings. The van der Waals surface area contributed by atoms with E-state index in [0.717, 1.165) is 0 Å². The van der Waals surface area contributed by atoms with Gasteiger partial charge in [0.15, 0.2) is 0 Å². The Labute approximate surface area is 115 Å². The molecule has 1 N–H and O–H groups in total. The van der Waals surface area contributed by atoms with Gasteiger partial charge in [0, 0.05) is 12.5 Å². The van der Waals surface area contributed by atoms with Crippen LogP contribution in [0.5, 0.6) is 0 Å². The first kappa shape index (κ1) is 12.7. The van der Waals surface area contributed by atoms with Crippen LogP contribution in [0.4, 0.5) is 0 Å². The van der Waals surface area contributed by atoms with E-state index >= 15 is 0 Å². The fourth-order valence-electron chi connectivity index (χ4n) is 4.02. The number of carbonyl (C=O) groups excluding carboxylic acids is 1. The molecule has 0 spiro atoms. The molecule has 0 aromatic heterocycles. The van der Waals surface area contributed by atoms with Crippen molar-refractivity contribution in [2.24, 2.45) is 17.8 Å². The average molecular weight is 257 g/mol. The number of fused-ring (bicyclic) bond motifs is 2. The zero-order valence-corrected chi connectivity index (χ0v) is 11.7. The van der Waals surface area contributed by atoms with Crippen LogP contribution in [-0.2, 0) is 11.3 Å². The quantitative estimate of drug-likeness (QED) is 0.883. The molecule has 2 atom stereocenters. The average Bonchev–Trinajstić information content (AvgIpc) is 2.66. The van der Waals surface area contributed by atoms with Crippen LogP contribution in [0.3, 0.4) is 0 Å². The zero-order valence-electron chi connectivity index (χ0n) is 11.7. The van der Waals surface area contributed by atoms with Crippen molar-refractivity contribution in [3.05, 3.63) is 35.4 Å². The molecule has 102 valence electrons. The molecular formula is C17H23NO. The molecule has 1 aromatic carbocycles. The molecule has 2 aliphatic carbocycles. The fraction of sp³-hybridized carbons (Fsp3) is 0.588. The van der Waals surface area contributed by atoms with Crippen molar-refractivity contribution in [2.75, 3.05) is 0 Å². The minimum absolute atomic E-state index is 0.300. The van der Waals surface area contributed by atoms with Gasteiger partial charge in [0.05, 0.1) is 0 Å². The number of carbonyl (C=O) groups is 1. The van der Waals surface area contributed by atoms with Gasteiger partial charge < -0.3 is 5.32 Å². The normalized spacial score (nSPS) is 29.2. The Morgan fingerprint density at radius 3 is 2.63 bits per heavy atom. The summed E-state index contributed by atoms with van der Waals surface area (Å²) in [5.74, 6) is 1.93. The molecule has 2 saturated carbocycles. The van der Waals surface area contributed by atoms with E-state index in [1.807, 2.05) is 0 Å². The van der Waals surface area contributed by atoms with E-state index in [-0.39, 0.29) is 0 Å². The molecule has 1 aromatic rings. The molecule has 0 saturated heterocycles. The van der Waals surface area contributed by atoms with Crippen LogP contribution in [0.25, 0.3) is 0 Å². The van der Waals surface area contributed by atoms with Gasteiger partial charge in [0.25, 0.3) is 0 Å². The van der Waals surface area contributed by atoms with E-state index in [1.54, 1.807) is 0 Å². The fourth-order valence-corrected chi connectivity index (χ4v) is 4.02. The third-order valence-corrected chi connectivity index (χ3v) is 4.93. The van der Waals surface area contributed by atoms with Crippen LogP contribution in [0.2, 0.25) is 0 Å². The molecule has 0 radical (unpaired) electrons. The van der Waals surface area contributed by atoms with Crippen LogP contribution < -0.4 is 5.32 Å². The molecule has 0 heterocycles. The Bertz CT molecular complexity index is 452. The lowest BCUT2D eigenvalue weighted by atomic mass is 9.78. The summed E-state index contributed by atoms with van der Waals surface area (Å²) < 4.78 is 0. The molecule has 2 nitrogen and oxygen atoms in total. The number of amides is 1. The van der Waals surface area contributed by atoms with Crippen molar-refractivity contribution in [3.8, 4) is 0 Å². The van der Waals surface area contributed by atoms with Crippen molar-refractivity contribution in [1.29, 1.82) is 0 Å². The van der Waals surface area contributed by atoms with Crippen molar-refractivity contribution in [2.45, 2.75) is 45.6 Å².